The van der Waals surface area contributed by atoms with Gasteiger partial charge in [-0.05, 0) is 13.8 Å². The SMILES string of the molecule is Cc1nn(C)c(OCC(F)(F)F)c1CNC(C)c1nc(C(C)(C)C)no1. The molecule has 2 aromatic heterocycles. The molecule has 10 heteroatoms. The van der Waals surface area contributed by atoms with Crippen LogP contribution in [0, 0.1) is 6.92 Å². The molecule has 0 saturated carbocycles. The number of nitrogens with zero attached hydrogens (tertiary/aromatic N) is 4. The van der Waals surface area contributed by atoms with Crippen molar-refractivity contribution in [3.05, 3.63) is 23.0 Å². The van der Waals surface area contributed by atoms with Gasteiger partial charge in [0.15, 0.2) is 12.4 Å². The van der Waals surface area contributed by atoms with Crippen LogP contribution in [0.1, 0.15) is 56.7 Å². The van der Waals surface area contributed by atoms with E-state index >= 15 is 0 Å². The molecule has 0 radical (unpaired) electrons. The summed E-state index contributed by atoms with van der Waals surface area (Å²) < 4.78 is 48.8. The zero-order valence-electron chi connectivity index (χ0n) is 15.7. The summed E-state index contributed by atoms with van der Waals surface area (Å²) in [5, 5.41) is 11.3. The first kappa shape index (κ1) is 20.2. The second-order valence-electron chi connectivity index (χ2n) is 7.21. The fourth-order valence-corrected chi connectivity index (χ4v) is 2.27. The fraction of sp³-hybridized carbons (Fsp3) is 0.688. The van der Waals surface area contributed by atoms with Crippen molar-refractivity contribution in [1.29, 1.82) is 0 Å². The van der Waals surface area contributed by atoms with E-state index in [9.17, 15) is 13.2 Å². The number of halogens is 3. The average Bonchev–Trinajstić information content (AvgIpc) is 3.07. The van der Waals surface area contributed by atoms with Crippen molar-refractivity contribution in [2.75, 3.05) is 6.61 Å². The highest BCUT2D eigenvalue weighted by molar-refractivity contribution is 5.31. The Labute approximate surface area is 149 Å². The van der Waals surface area contributed by atoms with Crippen molar-refractivity contribution in [3.8, 4) is 5.88 Å². The number of alkyl halides is 3. The summed E-state index contributed by atoms with van der Waals surface area (Å²) in [4.78, 5) is 4.37. The van der Waals surface area contributed by atoms with E-state index in [1.54, 1.807) is 14.0 Å². The minimum atomic E-state index is -4.41. The average molecular weight is 375 g/mol. The minimum absolute atomic E-state index is 0.0837. The first-order valence-corrected chi connectivity index (χ1v) is 8.18. The Morgan fingerprint density at radius 1 is 1.27 bits per heavy atom. The zero-order chi connectivity index (χ0) is 19.7. The molecular weight excluding hydrogens is 351 g/mol. The van der Waals surface area contributed by atoms with Crippen LogP contribution < -0.4 is 10.1 Å². The fourth-order valence-electron chi connectivity index (χ4n) is 2.27. The molecule has 0 aliphatic heterocycles. The van der Waals surface area contributed by atoms with Crippen molar-refractivity contribution in [1.82, 2.24) is 25.2 Å². The molecule has 1 unspecified atom stereocenters. The molecule has 1 N–H and O–H groups in total. The van der Waals surface area contributed by atoms with Gasteiger partial charge >= 0.3 is 6.18 Å². The largest absolute Gasteiger partial charge is 0.468 e. The maximum atomic E-state index is 12.4. The van der Waals surface area contributed by atoms with E-state index in [2.05, 4.69) is 20.6 Å². The molecule has 146 valence electrons. The first-order valence-electron chi connectivity index (χ1n) is 8.18. The van der Waals surface area contributed by atoms with Gasteiger partial charge in [-0.2, -0.15) is 23.3 Å². The van der Waals surface area contributed by atoms with Crippen LogP contribution >= 0.6 is 0 Å². The summed E-state index contributed by atoms with van der Waals surface area (Å²) in [5.74, 6) is 1.09. The van der Waals surface area contributed by atoms with E-state index in [1.165, 1.54) is 4.68 Å². The normalized spacial score (nSPS) is 13.9. The molecule has 2 rings (SSSR count). The lowest BCUT2D eigenvalue weighted by atomic mass is 9.96. The number of aromatic nitrogens is 4. The summed E-state index contributed by atoms with van der Waals surface area (Å²) in [5.41, 5.74) is 0.907. The number of hydrogen-bond donors (Lipinski definition) is 1. The van der Waals surface area contributed by atoms with E-state index < -0.39 is 12.8 Å². The van der Waals surface area contributed by atoms with Gasteiger partial charge in [-0.1, -0.05) is 25.9 Å². The van der Waals surface area contributed by atoms with Crippen molar-refractivity contribution in [2.24, 2.45) is 7.05 Å². The van der Waals surface area contributed by atoms with Gasteiger partial charge in [0.05, 0.1) is 17.3 Å². The van der Waals surface area contributed by atoms with Crippen molar-refractivity contribution < 1.29 is 22.4 Å². The molecule has 0 spiro atoms. The molecule has 0 fully saturated rings. The monoisotopic (exact) mass is 375 g/mol. The summed E-state index contributed by atoms with van der Waals surface area (Å²) in [6.45, 7) is 8.36. The molecule has 7 nitrogen and oxygen atoms in total. The van der Waals surface area contributed by atoms with Crippen LogP contribution in [0.4, 0.5) is 13.2 Å². The van der Waals surface area contributed by atoms with Crippen molar-refractivity contribution in [3.63, 3.8) is 0 Å². The summed E-state index contributed by atoms with van der Waals surface area (Å²) in [7, 11) is 1.54. The highest BCUT2D eigenvalue weighted by atomic mass is 19.4. The van der Waals surface area contributed by atoms with Crippen LogP contribution in [-0.4, -0.2) is 32.7 Å². The van der Waals surface area contributed by atoms with Gasteiger partial charge in [-0.15, -0.1) is 0 Å². The molecule has 2 heterocycles. The summed E-state index contributed by atoms with van der Waals surface area (Å²) in [6.07, 6.45) is -4.41. The molecule has 2 aromatic rings. The van der Waals surface area contributed by atoms with Gasteiger partial charge in [-0.3, -0.25) is 0 Å². The Bertz CT molecular complexity index is 746. The molecule has 0 aromatic carbocycles. The first-order chi connectivity index (χ1) is 11.9. The molecule has 0 bridgehead atoms. The Morgan fingerprint density at radius 3 is 2.46 bits per heavy atom. The second-order valence-corrected chi connectivity index (χ2v) is 7.21. The lowest BCUT2D eigenvalue weighted by Gasteiger charge is -2.13. The molecule has 0 aliphatic carbocycles. The van der Waals surface area contributed by atoms with E-state index in [0.29, 0.717) is 23.0 Å². The third-order valence-electron chi connectivity index (χ3n) is 3.73. The van der Waals surface area contributed by atoms with Crippen LogP contribution in [0.2, 0.25) is 0 Å². The minimum Gasteiger partial charge on any atom is -0.468 e. The van der Waals surface area contributed by atoms with Crippen LogP contribution in [0.3, 0.4) is 0 Å². The number of ether oxygens (including phenoxy) is 1. The van der Waals surface area contributed by atoms with E-state index in [-0.39, 0.29) is 23.9 Å². The van der Waals surface area contributed by atoms with Crippen molar-refractivity contribution >= 4 is 0 Å². The third kappa shape index (κ3) is 4.96. The third-order valence-corrected chi connectivity index (χ3v) is 3.73. The number of aryl methyl sites for hydroxylation is 2. The smallest absolute Gasteiger partial charge is 0.422 e. The predicted molar refractivity (Wildman–Crippen MR) is 87.7 cm³/mol. The second kappa shape index (κ2) is 7.26. The molecule has 0 aliphatic rings. The lowest BCUT2D eigenvalue weighted by Crippen LogP contribution is -2.22. The summed E-state index contributed by atoms with van der Waals surface area (Å²) in [6, 6.07) is -0.284. The topological polar surface area (TPSA) is 78.0 Å². The molecule has 0 amide bonds. The van der Waals surface area contributed by atoms with Gasteiger partial charge in [0.2, 0.25) is 11.8 Å². The van der Waals surface area contributed by atoms with Gasteiger partial charge in [0.1, 0.15) is 0 Å². The Morgan fingerprint density at radius 2 is 1.92 bits per heavy atom. The standard InChI is InChI=1S/C16H24F3N5O2/c1-9-11(13(24(6)22-9)25-8-16(17,18)19)7-20-10(2)12-21-14(23-26-12)15(3,4)5/h10,20H,7-8H2,1-6H3. The Kier molecular flexibility index (Phi) is 5.64. The number of hydrogen-bond acceptors (Lipinski definition) is 6. The van der Waals surface area contributed by atoms with Crippen LogP contribution in [0.5, 0.6) is 5.88 Å². The van der Waals surface area contributed by atoms with E-state index in [0.717, 1.165) is 0 Å². The predicted octanol–water partition coefficient (Wildman–Crippen LogP) is 3.20. The number of rotatable bonds is 6. The van der Waals surface area contributed by atoms with Gasteiger partial charge < -0.3 is 14.6 Å². The van der Waals surface area contributed by atoms with Crippen molar-refractivity contribution in [2.45, 2.75) is 58.8 Å². The van der Waals surface area contributed by atoms with E-state index in [1.807, 2.05) is 27.7 Å². The highest BCUT2D eigenvalue weighted by Crippen LogP contribution is 2.25. The molecule has 26 heavy (non-hydrogen) atoms. The van der Waals surface area contributed by atoms with Crippen LogP contribution in [-0.2, 0) is 19.0 Å². The molecule has 1 atom stereocenters. The van der Waals surface area contributed by atoms with E-state index in [4.69, 9.17) is 9.26 Å². The Balaban J connectivity index is 2.08. The zero-order valence-corrected chi connectivity index (χ0v) is 15.7. The molecular formula is C16H24F3N5O2. The summed E-state index contributed by atoms with van der Waals surface area (Å²) >= 11 is 0. The molecule has 0 saturated heterocycles. The van der Waals surface area contributed by atoms with Gasteiger partial charge in [0, 0.05) is 19.0 Å². The Hall–Kier alpha value is -2.10. The lowest BCUT2D eigenvalue weighted by molar-refractivity contribution is -0.154. The van der Waals surface area contributed by atoms with Gasteiger partial charge in [-0.25, -0.2) is 4.68 Å². The van der Waals surface area contributed by atoms with Gasteiger partial charge in [0.25, 0.3) is 0 Å². The quantitative estimate of drug-likeness (QED) is 0.835. The highest BCUT2D eigenvalue weighted by Gasteiger charge is 2.30. The maximum Gasteiger partial charge on any atom is 0.422 e. The van der Waals surface area contributed by atoms with Crippen LogP contribution in [0.15, 0.2) is 4.52 Å². The maximum absolute atomic E-state index is 12.4. The number of nitrogens with one attached hydrogen (secondary N) is 1. The van der Waals surface area contributed by atoms with Crippen LogP contribution in [0.25, 0.3) is 0 Å².